The summed E-state index contributed by atoms with van der Waals surface area (Å²) in [6.07, 6.45) is 3.97. The van der Waals surface area contributed by atoms with Crippen LogP contribution < -0.4 is 5.73 Å². The number of ether oxygens (including phenoxy) is 1. The Morgan fingerprint density at radius 3 is 3.36 bits per heavy atom. The van der Waals surface area contributed by atoms with E-state index in [1.807, 2.05) is 12.4 Å². The standard InChI is InChI=1S/C9H16N4O/c10-3-9-7-13(1-2-14-9)6-8-4-11-12-5-8/h4-5,9H,1-3,6-7,10H2,(H,11,12). The average Bonchev–Trinajstić information content (AvgIpc) is 2.71. The minimum absolute atomic E-state index is 0.190. The van der Waals surface area contributed by atoms with Crippen LogP contribution in [0.15, 0.2) is 12.4 Å². The number of rotatable bonds is 3. The fourth-order valence-corrected chi connectivity index (χ4v) is 1.69. The molecule has 1 atom stereocenters. The molecule has 1 aliphatic heterocycles. The van der Waals surface area contributed by atoms with E-state index in [4.69, 9.17) is 10.5 Å². The van der Waals surface area contributed by atoms with Gasteiger partial charge in [-0.15, -0.1) is 0 Å². The zero-order valence-corrected chi connectivity index (χ0v) is 8.15. The van der Waals surface area contributed by atoms with Crippen LogP contribution in [0.5, 0.6) is 0 Å². The molecule has 0 spiro atoms. The second-order valence-electron chi connectivity index (χ2n) is 3.57. The molecule has 3 N–H and O–H groups in total. The van der Waals surface area contributed by atoms with Gasteiger partial charge in [-0.3, -0.25) is 10.00 Å². The Bertz CT molecular complexity index is 262. The van der Waals surface area contributed by atoms with Crippen molar-refractivity contribution in [2.75, 3.05) is 26.2 Å². The third-order valence-corrected chi connectivity index (χ3v) is 2.45. The molecule has 1 aromatic rings. The van der Waals surface area contributed by atoms with Crippen LogP contribution in [0.1, 0.15) is 5.56 Å². The molecule has 1 fully saturated rings. The van der Waals surface area contributed by atoms with Crippen molar-refractivity contribution >= 4 is 0 Å². The van der Waals surface area contributed by atoms with Gasteiger partial charge in [-0.05, 0) is 0 Å². The van der Waals surface area contributed by atoms with Crippen LogP contribution in [0.3, 0.4) is 0 Å². The lowest BCUT2D eigenvalue weighted by Gasteiger charge is -2.31. The van der Waals surface area contributed by atoms with Crippen LogP contribution in [0, 0.1) is 0 Å². The van der Waals surface area contributed by atoms with Crippen LogP contribution in [-0.2, 0) is 11.3 Å². The van der Waals surface area contributed by atoms with Gasteiger partial charge in [-0.2, -0.15) is 5.10 Å². The van der Waals surface area contributed by atoms with E-state index in [1.165, 1.54) is 5.56 Å². The van der Waals surface area contributed by atoms with E-state index >= 15 is 0 Å². The molecular formula is C9H16N4O. The Labute approximate surface area is 83.2 Å². The second-order valence-corrected chi connectivity index (χ2v) is 3.57. The first-order chi connectivity index (χ1) is 6.88. The van der Waals surface area contributed by atoms with Gasteiger partial charge < -0.3 is 10.5 Å². The summed E-state index contributed by atoms with van der Waals surface area (Å²) in [4.78, 5) is 2.34. The third kappa shape index (κ3) is 2.31. The summed E-state index contributed by atoms with van der Waals surface area (Å²) >= 11 is 0. The molecule has 0 saturated carbocycles. The van der Waals surface area contributed by atoms with Gasteiger partial charge in [-0.1, -0.05) is 0 Å². The van der Waals surface area contributed by atoms with Gasteiger partial charge in [0.1, 0.15) is 0 Å². The van der Waals surface area contributed by atoms with E-state index in [1.54, 1.807) is 0 Å². The molecule has 1 aromatic heterocycles. The van der Waals surface area contributed by atoms with Crippen molar-refractivity contribution in [3.63, 3.8) is 0 Å². The number of nitrogens with two attached hydrogens (primary N) is 1. The molecule has 0 aromatic carbocycles. The fraction of sp³-hybridized carbons (Fsp3) is 0.667. The summed E-state index contributed by atoms with van der Waals surface area (Å²) in [5, 5.41) is 6.73. The van der Waals surface area contributed by atoms with Gasteiger partial charge in [0.05, 0.1) is 18.9 Å². The molecule has 2 heterocycles. The highest BCUT2D eigenvalue weighted by Gasteiger charge is 2.19. The maximum Gasteiger partial charge on any atom is 0.0824 e. The lowest BCUT2D eigenvalue weighted by atomic mass is 10.2. The lowest BCUT2D eigenvalue weighted by molar-refractivity contribution is -0.0260. The highest BCUT2D eigenvalue weighted by molar-refractivity contribution is 5.02. The van der Waals surface area contributed by atoms with Gasteiger partial charge in [0, 0.05) is 37.9 Å². The summed E-state index contributed by atoms with van der Waals surface area (Å²) in [5.41, 5.74) is 6.78. The topological polar surface area (TPSA) is 67.2 Å². The number of hydrogen-bond donors (Lipinski definition) is 2. The van der Waals surface area contributed by atoms with E-state index in [0.717, 1.165) is 26.2 Å². The molecule has 2 rings (SSSR count). The summed E-state index contributed by atoms with van der Waals surface area (Å²) in [6.45, 7) is 4.20. The molecule has 0 radical (unpaired) electrons. The number of H-pyrrole nitrogens is 1. The van der Waals surface area contributed by atoms with Gasteiger partial charge in [0.2, 0.25) is 0 Å². The highest BCUT2D eigenvalue weighted by atomic mass is 16.5. The van der Waals surface area contributed by atoms with Crippen LogP contribution >= 0.6 is 0 Å². The van der Waals surface area contributed by atoms with Crippen molar-refractivity contribution in [1.82, 2.24) is 15.1 Å². The maximum atomic E-state index is 5.57. The molecule has 5 nitrogen and oxygen atoms in total. The van der Waals surface area contributed by atoms with Gasteiger partial charge in [-0.25, -0.2) is 0 Å². The average molecular weight is 196 g/mol. The Balaban J connectivity index is 1.86. The van der Waals surface area contributed by atoms with Crippen molar-refractivity contribution in [3.05, 3.63) is 18.0 Å². The Kier molecular flexibility index (Phi) is 3.13. The SMILES string of the molecule is NCC1CN(Cc2cn[nH]c2)CCO1. The molecule has 78 valence electrons. The number of nitrogens with one attached hydrogen (secondary N) is 1. The van der Waals surface area contributed by atoms with Crippen LogP contribution in [0.4, 0.5) is 0 Å². The zero-order valence-electron chi connectivity index (χ0n) is 8.15. The molecule has 1 unspecified atom stereocenters. The van der Waals surface area contributed by atoms with E-state index in [-0.39, 0.29) is 6.10 Å². The lowest BCUT2D eigenvalue weighted by Crippen LogP contribution is -2.45. The number of nitrogens with zero attached hydrogens (tertiary/aromatic N) is 2. The Hall–Kier alpha value is -0.910. The van der Waals surface area contributed by atoms with E-state index in [0.29, 0.717) is 6.54 Å². The zero-order chi connectivity index (χ0) is 9.80. The van der Waals surface area contributed by atoms with Crippen molar-refractivity contribution in [2.24, 2.45) is 5.73 Å². The largest absolute Gasteiger partial charge is 0.374 e. The predicted octanol–water partition coefficient (Wildman–Crippen LogP) is -0.431. The summed E-state index contributed by atoms with van der Waals surface area (Å²) < 4.78 is 5.49. The first-order valence-corrected chi connectivity index (χ1v) is 4.90. The van der Waals surface area contributed by atoms with E-state index in [2.05, 4.69) is 15.1 Å². The molecule has 0 bridgehead atoms. The third-order valence-electron chi connectivity index (χ3n) is 2.45. The van der Waals surface area contributed by atoms with Crippen molar-refractivity contribution < 1.29 is 4.74 Å². The predicted molar refractivity (Wildman–Crippen MR) is 52.7 cm³/mol. The van der Waals surface area contributed by atoms with Gasteiger partial charge in [0.25, 0.3) is 0 Å². The van der Waals surface area contributed by atoms with Gasteiger partial charge in [0.15, 0.2) is 0 Å². The minimum atomic E-state index is 0.190. The first kappa shape index (κ1) is 9.64. The highest BCUT2D eigenvalue weighted by Crippen LogP contribution is 2.08. The number of aromatic nitrogens is 2. The molecular weight excluding hydrogens is 180 g/mol. The molecule has 0 aliphatic carbocycles. The number of aromatic amines is 1. The summed E-state index contributed by atoms with van der Waals surface area (Å²) in [6, 6.07) is 0. The fourth-order valence-electron chi connectivity index (χ4n) is 1.69. The maximum absolute atomic E-state index is 5.57. The van der Waals surface area contributed by atoms with Crippen molar-refractivity contribution in [1.29, 1.82) is 0 Å². The van der Waals surface area contributed by atoms with Crippen molar-refractivity contribution in [3.8, 4) is 0 Å². The quantitative estimate of drug-likeness (QED) is 0.688. The van der Waals surface area contributed by atoms with Crippen LogP contribution in [0.2, 0.25) is 0 Å². The van der Waals surface area contributed by atoms with E-state index < -0.39 is 0 Å². The van der Waals surface area contributed by atoms with Crippen molar-refractivity contribution in [2.45, 2.75) is 12.6 Å². The molecule has 1 aliphatic rings. The Morgan fingerprint density at radius 2 is 2.64 bits per heavy atom. The minimum Gasteiger partial charge on any atom is -0.374 e. The normalized spacial score (nSPS) is 23.9. The van der Waals surface area contributed by atoms with Crippen LogP contribution in [0.25, 0.3) is 0 Å². The monoisotopic (exact) mass is 196 g/mol. The second kappa shape index (κ2) is 4.54. The Morgan fingerprint density at radius 1 is 1.71 bits per heavy atom. The molecule has 14 heavy (non-hydrogen) atoms. The first-order valence-electron chi connectivity index (χ1n) is 4.90. The van der Waals surface area contributed by atoms with Gasteiger partial charge >= 0.3 is 0 Å². The number of morpholine rings is 1. The number of hydrogen-bond acceptors (Lipinski definition) is 4. The molecule has 1 saturated heterocycles. The van der Waals surface area contributed by atoms with Crippen LogP contribution in [-0.4, -0.2) is 47.4 Å². The smallest absolute Gasteiger partial charge is 0.0824 e. The summed E-state index contributed by atoms with van der Waals surface area (Å²) in [7, 11) is 0. The molecule has 0 amide bonds. The summed E-state index contributed by atoms with van der Waals surface area (Å²) in [5.74, 6) is 0. The van der Waals surface area contributed by atoms with E-state index in [9.17, 15) is 0 Å². The molecule has 5 heteroatoms.